The molecule has 53 heavy (non-hydrogen) atoms. The SMILES string of the molecule is Cc1ccc(S(=O)(=O)O[C@@H]2C[C@H](n3cc(C)c(=O)n(C(=O)OC(C)(C)C)c3=O)O[C@@H]2COC(c2ccccc2)(c2ccccc2)c2ccccc2)cc1. The normalized spacial score (nSPS) is 17.8. The van der Waals surface area contributed by atoms with Gasteiger partial charge >= 0.3 is 11.8 Å². The molecule has 4 aromatic carbocycles. The predicted octanol–water partition coefficient (Wildman–Crippen LogP) is 6.48. The Balaban J connectivity index is 1.43. The second-order valence-electron chi connectivity index (χ2n) is 14.0. The average Bonchev–Trinajstić information content (AvgIpc) is 3.52. The molecule has 0 saturated carbocycles. The summed E-state index contributed by atoms with van der Waals surface area (Å²) < 4.78 is 53.6. The van der Waals surface area contributed by atoms with Crippen molar-refractivity contribution in [3.05, 3.63) is 170 Å². The predicted molar refractivity (Wildman–Crippen MR) is 198 cm³/mol. The molecule has 1 saturated heterocycles. The van der Waals surface area contributed by atoms with Crippen molar-refractivity contribution in [2.75, 3.05) is 6.61 Å². The summed E-state index contributed by atoms with van der Waals surface area (Å²) in [5.74, 6) is 0. The summed E-state index contributed by atoms with van der Waals surface area (Å²) in [7, 11) is -4.33. The smallest absolute Gasteiger partial charge is 0.425 e. The maximum atomic E-state index is 13.8. The number of ether oxygens (including phenoxy) is 3. The first-order valence-electron chi connectivity index (χ1n) is 17.2. The Bertz CT molecular complexity index is 2190. The number of aromatic nitrogens is 2. The largest absolute Gasteiger partial charge is 0.443 e. The van der Waals surface area contributed by atoms with Gasteiger partial charge in [0.1, 0.15) is 29.6 Å². The number of nitrogens with zero attached hydrogens (tertiary/aromatic N) is 2. The van der Waals surface area contributed by atoms with Gasteiger partial charge in [-0.1, -0.05) is 109 Å². The maximum absolute atomic E-state index is 13.8. The van der Waals surface area contributed by atoms with Gasteiger partial charge in [-0.25, -0.2) is 9.59 Å². The van der Waals surface area contributed by atoms with Gasteiger partial charge in [0.2, 0.25) is 0 Å². The van der Waals surface area contributed by atoms with E-state index in [1.807, 2.05) is 97.9 Å². The van der Waals surface area contributed by atoms with Crippen molar-refractivity contribution in [2.45, 2.75) is 75.6 Å². The molecule has 3 atom stereocenters. The number of carbonyl (C=O) groups is 1. The zero-order valence-corrected chi connectivity index (χ0v) is 31.0. The van der Waals surface area contributed by atoms with Gasteiger partial charge < -0.3 is 14.2 Å². The van der Waals surface area contributed by atoms with Crippen LogP contribution in [0.2, 0.25) is 0 Å². The molecule has 0 aliphatic carbocycles. The molecule has 1 aromatic heterocycles. The lowest BCUT2D eigenvalue weighted by Crippen LogP contribution is -2.47. The van der Waals surface area contributed by atoms with Crippen LogP contribution < -0.4 is 11.2 Å². The minimum atomic E-state index is -4.33. The highest BCUT2D eigenvalue weighted by atomic mass is 32.2. The minimum Gasteiger partial charge on any atom is -0.443 e. The van der Waals surface area contributed by atoms with Crippen LogP contribution in [0.1, 0.15) is 61.2 Å². The Morgan fingerprint density at radius 1 is 0.792 bits per heavy atom. The van der Waals surface area contributed by atoms with Crippen LogP contribution in [0.3, 0.4) is 0 Å². The summed E-state index contributed by atoms with van der Waals surface area (Å²) >= 11 is 0. The van der Waals surface area contributed by atoms with Gasteiger partial charge in [-0.2, -0.15) is 13.0 Å². The lowest BCUT2D eigenvalue weighted by atomic mass is 9.80. The van der Waals surface area contributed by atoms with E-state index in [1.54, 1.807) is 32.9 Å². The van der Waals surface area contributed by atoms with Crippen LogP contribution >= 0.6 is 0 Å². The molecular formula is C41H42N2O9S. The number of hydrogen-bond acceptors (Lipinski definition) is 9. The summed E-state index contributed by atoms with van der Waals surface area (Å²) in [6.45, 7) is 7.96. The fraction of sp³-hybridized carbons (Fsp3) is 0.293. The van der Waals surface area contributed by atoms with E-state index in [1.165, 1.54) is 25.3 Å². The van der Waals surface area contributed by atoms with Crippen molar-refractivity contribution in [2.24, 2.45) is 0 Å². The third-order valence-corrected chi connectivity index (χ3v) is 10.3. The summed E-state index contributed by atoms with van der Waals surface area (Å²) in [4.78, 5) is 40.0. The summed E-state index contributed by atoms with van der Waals surface area (Å²) in [5.41, 5.74) is -0.638. The molecule has 2 heterocycles. The first kappa shape index (κ1) is 37.6. The van der Waals surface area contributed by atoms with Crippen molar-refractivity contribution < 1.29 is 31.6 Å². The van der Waals surface area contributed by atoms with Gasteiger partial charge in [-0.15, -0.1) is 0 Å². The molecule has 1 aliphatic rings. The molecule has 0 N–H and O–H groups in total. The molecular weight excluding hydrogens is 697 g/mol. The number of carbonyl (C=O) groups excluding carboxylic acids is 1. The highest BCUT2D eigenvalue weighted by molar-refractivity contribution is 7.86. The monoisotopic (exact) mass is 738 g/mol. The van der Waals surface area contributed by atoms with Gasteiger partial charge in [0.25, 0.3) is 15.7 Å². The lowest BCUT2D eigenvalue weighted by Gasteiger charge is -2.37. The fourth-order valence-corrected chi connectivity index (χ4v) is 7.50. The summed E-state index contributed by atoms with van der Waals surface area (Å²) in [5, 5.41) is 0. The summed E-state index contributed by atoms with van der Waals surface area (Å²) in [6, 6.07) is 35.2. The third-order valence-electron chi connectivity index (χ3n) is 8.92. The van der Waals surface area contributed by atoms with Crippen molar-refractivity contribution in [3.8, 4) is 0 Å². The molecule has 0 radical (unpaired) electrons. The van der Waals surface area contributed by atoms with Crippen molar-refractivity contribution >= 4 is 16.2 Å². The van der Waals surface area contributed by atoms with Crippen molar-refractivity contribution in [1.29, 1.82) is 0 Å². The zero-order valence-electron chi connectivity index (χ0n) is 30.2. The second-order valence-corrected chi connectivity index (χ2v) is 15.6. The zero-order chi connectivity index (χ0) is 38.0. The lowest BCUT2D eigenvalue weighted by molar-refractivity contribution is -0.0913. The van der Waals surface area contributed by atoms with Crippen LogP contribution in [0.25, 0.3) is 0 Å². The second kappa shape index (κ2) is 15.1. The van der Waals surface area contributed by atoms with Gasteiger partial charge in [-0.05, 0) is 63.4 Å². The van der Waals surface area contributed by atoms with Gasteiger partial charge in [0.15, 0.2) is 0 Å². The number of benzene rings is 4. The highest BCUT2D eigenvalue weighted by Crippen LogP contribution is 2.42. The summed E-state index contributed by atoms with van der Waals surface area (Å²) in [6.07, 6.45) is -3.35. The van der Waals surface area contributed by atoms with Crippen LogP contribution in [0, 0.1) is 13.8 Å². The van der Waals surface area contributed by atoms with E-state index < -0.39 is 57.1 Å². The Morgan fingerprint density at radius 3 is 1.79 bits per heavy atom. The molecule has 0 bridgehead atoms. The quantitative estimate of drug-likeness (QED) is 0.117. The van der Waals surface area contributed by atoms with Crippen molar-refractivity contribution in [1.82, 2.24) is 9.13 Å². The van der Waals surface area contributed by atoms with E-state index in [0.29, 0.717) is 4.57 Å². The van der Waals surface area contributed by atoms with Gasteiger partial charge in [0, 0.05) is 18.2 Å². The Kier molecular flexibility index (Phi) is 10.7. The molecule has 1 fully saturated rings. The molecule has 5 aromatic rings. The molecule has 6 rings (SSSR count). The minimum absolute atomic E-state index is 0.0510. The maximum Gasteiger partial charge on any atom is 0.425 e. The standard InChI is InChI=1S/C41H42N2O9S/c1-28-21-23-33(24-22-28)53(47,48)52-34-25-36(42-26-29(2)37(44)43(38(42)45)39(46)51-40(3,4)5)50-35(34)27-49-41(30-15-9-6-10-16-30,31-17-11-7-12-18-31)32-19-13-8-14-20-32/h6-24,26,34-36H,25,27H2,1-5H3/t34-,35-,36-/m1/s1. The molecule has 12 heteroatoms. The molecule has 11 nitrogen and oxygen atoms in total. The highest BCUT2D eigenvalue weighted by Gasteiger charge is 2.45. The first-order chi connectivity index (χ1) is 25.2. The van der Waals surface area contributed by atoms with Gasteiger partial charge in [-0.3, -0.25) is 13.5 Å². The molecule has 1 aliphatic heterocycles. The molecule has 0 amide bonds. The fourth-order valence-electron chi connectivity index (χ4n) is 6.39. The van der Waals surface area contributed by atoms with E-state index in [0.717, 1.165) is 26.8 Å². The third kappa shape index (κ3) is 7.96. The van der Waals surface area contributed by atoms with Crippen LogP contribution in [0.15, 0.2) is 136 Å². The number of hydrogen-bond donors (Lipinski definition) is 0. The molecule has 0 unspecified atom stereocenters. The van der Waals surface area contributed by atoms with E-state index in [-0.39, 0.29) is 23.5 Å². The van der Waals surface area contributed by atoms with E-state index in [9.17, 15) is 22.8 Å². The van der Waals surface area contributed by atoms with Crippen molar-refractivity contribution in [3.63, 3.8) is 0 Å². The number of aryl methyl sites for hydroxylation is 2. The molecule has 0 spiro atoms. The average molecular weight is 739 g/mol. The van der Waals surface area contributed by atoms with E-state index in [4.69, 9.17) is 18.4 Å². The Morgan fingerprint density at radius 2 is 1.30 bits per heavy atom. The first-order valence-corrected chi connectivity index (χ1v) is 18.6. The van der Waals surface area contributed by atoms with Gasteiger partial charge in [0.05, 0.1) is 11.5 Å². The van der Waals surface area contributed by atoms with Crippen LogP contribution in [-0.2, 0) is 34.1 Å². The van der Waals surface area contributed by atoms with E-state index in [2.05, 4.69) is 0 Å². The number of rotatable bonds is 10. The van der Waals surface area contributed by atoms with Crippen LogP contribution in [-0.4, -0.2) is 48.1 Å². The van der Waals surface area contributed by atoms with Crippen LogP contribution in [0.4, 0.5) is 4.79 Å². The molecule has 276 valence electrons. The van der Waals surface area contributed by atoms with Crippen LogP contribution in [0.5, 0.6) is 0 Å². The Labute approximate surface area is 308 Å². The Hall–Kier alpha value is -5.14. The topological polar surface area (TPSA) is 132 Å². The van der Waals surface area contributed by atoms with E-state index >= 15 is 0 Å².